The van der Waals surface area contributed by atoms with Crippen molar-refractivity contribution in [3.8, 4) is 9.88 Å². The fraction of sp³-hybridized carbons (Fsp3) is 0.500. The van der Waals surface area contributed by atoms with Gasteiger partial charge in [-0.2, -0.15) is 0 Å². The highest BCUT2D eigenvalue weighted by Crippen LogP contribution is 2.28. The monoisotopic (exact) mass is 390 g/mol. The number of piperidine rings is 1. The van der Waals surface area contributed by atoms with Crippen LogP contribution in [0.25, 0.3) is 9.88 Å². The van der Waals surface area contributed by atoms with Crippen LogP contribution in [-0.4, -0.2) is 70.9 Å². The van der Waals surface area contributed by atoms with Crippen LogP contribution in [0.1, 0.15) is 29.8 Å². The SMILES string of the molecule is O=C(c1csc(-c2cccs2)n1)N1CCN(C(=O)N2CCCCC2)CC1. The van der Waals surface area contributed by atoms with Gasteiger partial charge < -0.3 is 14.7 Å². The number of carbonyl (C=O) groups excluding carboxylic acids is 2. The molecule has 0 saturated carbocycles. The molecule has 0 spiro atoms. The van der Waals surface area contributed by atoms with E-state index in [1.807, 2.05) is 37.6 Å². The molecular weight excluding hydrogens is 368 g/mol. The van der Waals surface area contributed by atoms with Crippen LogP contribution >= 0.6 is 22.7 Å². The lowest BCUT2D eigenvalue weighted by Gasteiger charge is -2.38. The van der Waals surface area contributed by atoms with E-state index < -0.39 is 0 Å². The molecule has 0 atom stereocenters. The third kappa shape index (κ3) is 3.61. The van der Waals surface area contributed by atoms with Gasteiger partial charge in [-0.3, -0.25) is 4.79 Å². The largest absolute Gasteiger partial charge is 0.334 e. The zero-order valence-electron chi connectivity index (χ0n) is 14.6. The molecule has 8 heteroatoms. The van der Waals surface area contributed by atoms with Gasteiger partial charge >= 0.3 is 6.03 Å². The summed E-state index contributed by atoms with van der Waals surface area (Å²) in [6.07, 6.45) is 3.41. The van der Waals surface area contributed by atoms with E-state index in [1.165, 1.54) is 17.8 Å². The number of aromatic nitrogens is 1. The maximum absolute atomic E-state index is 12.7. The highest BCUT2D eigenvalue weighted by molar-refractivity contribution is 7.20. The van der Waals surface area contributed by atoms with Crippen LogP contribution in [0.2, 0.25) is 0 Å². The number of likely N-dealkylation sites (tertiary alicyclic amines) is 1. The molecule has 0 radical (unpaired) electrons. The minimum absolute atomic E-state index is 0.0332. The summed E-state index contributed by atoms with van der Waals surface area (Å²) in [5, 5.41) is 4.74. The number of hydrogen-bond donors (Lipinski definition) is 0. The molecule has 3 amide bonds. The van der Waals surface area contributed by atoms with Crippen molar-refractivity contribution in [2.24, 2.45) is 0 Å². The minimum Gasteiger partial charge on any atom is -0.334 e. The van der Waals surface area contributed by atoms with E-state index in [2.05, 4.69) is 4.98 Å². The fourth-order valence-electron chi connectivity index (χ4n) is 3.43. The van der Waals surface area contributed by atoms with Crippen LogP contribution < -0.4 is 0 Å². The van der Waals surface area contributed by atoms with Crippen molar-refractivity contribution in [1.29, 1.82) is 0 Å². The molecule has 4 heterocycles. The van der Waals surface area contributed by atoms with Gasteiger partial charge in [0.25, 0.3) is 5.91 Å². The smallest absolute Gasteiger partial charge is 0.320 e. The van der Waals surface area contributed by atoms with Crippen molar-refractivity contribution in [2.75, 3.05) is 39.3 Å². The first kappa shape index (κ1) is 17.5. The van der Waals surface area contributed by atoms with Crippen molar-refractivity contribution < 1.29 is 9.59 Å². The van der Waals surface area contributed by atoms with Gasteiger partial charge in [0, 0.05) is 44.6 Å². The maximum Gasteiger partial charge on any atom is 0.320 e. The van der Waals surface area contributed by atoms with E-state index in [-0.39, 0.29) is 11.9 Å². The van der Waals surface area contributed by atoms with Crippen LogP contribution in [0.3, 0.4) is 0 Å². The second-order valence-electron chi connectivity index (χ2n) is 6.62. The lowest BCUT2D eigenvalue weighted by atomic mass is 10.1. The summed E-state index contributed by atoms with van der Waals surface area (Å²) in [5.74, 6) is -0.0332. The summed E-state index contributed by atoms with van der Waals surface area (Å²) >= 11 is 3.13. The lowest BCUT2D eigenvalue weighted by Crippen LogP contribution is -2.54. The van der Waals surface area contributed by atoms with Crippen LogP contribution in [0, 0.1) is 0 Å². The topological polar surface area (TPSA) is 56.8 Å². The first-order valence-corrected chi connectivity index (χ1v) is 10.8. The maximum atomic E-state index is 12.7. The van der Waals surface area contributed by atoms with Crippen LogP contribution in [-0.2, 0) is 0 Å². The first-order valence-electron chi connectivity index (χ1n) is 9.05. The molecular formula is C18H22N4O2S2. The number of piperazine rings is 1. The number of thiazole rings is 1. The molecule has 0 unspecified atom stereocenters. The van der Waals surface area contributed by atoms with Crippen LogP contribution in [0.15, 0.2) is 22.9 Å². The minimum atomic E-state index is -0.0332. The number of thiophene rings is 1. The second kappa shape index (κ2) is 7.75. The Balaban J connectivity index is 1.34. The summed E-state index contributed by atoms with van der Waals surface area (Å²) in [4.78, 5) is 36.5. The Morgan fingerprint density at radius 1 is 0.885 bits per heavy atom. The molecule has 138 valence electrons. The second-order valence-corrected chi connectivity index (χ2v) is 8.43. The number of urea groups is 1. The van der Waals surface area contributed by atoms with Gasteiger partial charge in [-0.25, -0.2) is 9.78 Å². The number of rotatable bonds is 2. The molecule has 0 aliphatic carbocycles. The number of nitrogens with zero attached hydrogens (tertiary/aromatic N) is 4. The molecule has 0 aromatic carbocycles. The fourth-order valence-corrected chi connectivity index (χ4v) is 5.04. The Kier molecular flexibility index (Phi) is 5.21. The molecule has 2 aromatic rings. The van der Waals surface area contributed by atoms with Crippen molar-refractivity contribution in [3.05, 3.63) is 28.6 Å². The highest BCUT2D eigenvalue weighted by atomic mass is 32.1. The van der Waals surface area contributed by atoms with E-state index in [0.717, 1.165) is 35.8 Å². The van der Waals surface area contributed by atoms with E-state index in [9.17, 15) is 9.59 Å². The van der Waals surface area contributed by atoms with Crippen LogP contribution in [0.4, 0.5) is 4.79 Å². The molecule has 0 N–H and O–H groups in total. The average molecular weight is 391 g/mol. The molecule has 2 aromatic heterocycles. The predicted molar refractivity (Wildman–Crippen MR) is 104 cm³/mol. The van der Waals surface area contributed by atoms with Crippen molar-refractivity contribution in [1.82, 2.24) is 19.7 Å². The van der Waals surface area contributed by atoms with Gasteiger partial charge in [0.1, 0.15) is 10.7 Å². The molecule has 2 fully saturated rings. The van der Waals surface area contributed by atoms with Gasteiger partial charge in [0.2, 0.25) is 0 Å². The third-order valence-electron chi connectivity index (χ3n) is 4.92. The Morgan fingerprint density at radius 3 is 2.27 bits per heavy atom. The number of carbonyl (C=O) groups is 2. The van der Waals surface area contributed by atoms with Crippen molar-refractivity contribution >= 4 is 34.6 Å². The van der Waals surface area contributed by atoms with Gasteiger partial charge in [0.05, 0.1) is 4.88 Å². The van der Waals surface area contributed by atoms with Gasteiger partial charge in [-0.1, -0.05) is 6.07 Å². The molecule has 0 bridgehead atoms. The summed E-state index contributed by atoms with van der Waals surface area (Å²) in [7, 11) is 0. The third-order valence-corrected chi connectivity index (χ3v) is 6.80. The van der Waals surface area contributed by atoms with Gasteiger partial charge in [0.15, 0.2) is 0 Å². The Morgan fingerprint density at radius 2 is 1.58 bits per heavy atom. The standard InChI is InChI=1S/C18H22N4O2S2/c23-17(14-13-26-16(19-14)15-5-4-12-25-15)20-8-10-22(11-9-20)18(24)21-6-2-1-3-7-21/h4-5,12-13H,1-3,6-11H2. The van der Waals surface area contributed by atoms with E-state index in [4.69, 9.17) is 0 Å². The van der Waals surface area contributed by atoms with Gasteiger partial charge in [-0.05, 0) is 30.7 Å². The summed E-state index contributed by atoms with van der Waals surface area (Å²) < 4.78 is 0. The molecule has 6 nitrogen and oxygen atoms in total. The van der Waals surface area contributed by atoms with E-state index in [0.29, 0.717) is 31.9 Å². The Labute approximate surface area is 161 Å². The predicted octanol–water partition coefficient (Wildman–Crippen LogP) is 3.24. The molecule has 2 aliphatic rings. The number of hydrogen-bond acceptors (Lipinski definition) is 5. The van der Waals surface area contributed by atoms with Gasteiger partial charge in [-0.15, -0.1) is 22.7 Å². The zero-order valence-corrected chi connectivity index (χ0v) is 16.2. The highest BCUT2D eigenvalue weighted by Gasteiger charge is 2.29. The molecule has 2 aliphatic heterocycles. The summed E-state index contributed by atoms with van der Waals surface area (Å²) in [6.45, 7) is 4.07. The quantitative estimate of drug-likeness (QED) is 0.791. The Bertz CT molecular complexity index is 760. The van der Waals surface area contributed by atoms with Crippen molar-refractivity contribution in [2.45, 2.75) is 19.3 Å². The summed E-state index contributed by atoms with van der Waals surface area (Å²) in [6, 6.07) is 4.13. The zero-order chi connectivity index (χ0) is 17.9. The number of amides is 3. The lowest BCUT2D eigenvalue weighted by molar-refractivity contribution is 0.0628. The van der Waals surface area contributed by atoms with E-state index >= 15 is 0 Å². The molecule has 2 saturated heterocycles. The van der Waals surface area contributed by atoms with Crippen LogP contribution in [0.5, 0.6) is 0 Å². The average Bonchev–Trinajstić information content (AvgIpc) is 3.39. The van der Waals surface area contributed by atoms with Crippen molar-refractivity contribution in [3.63, 3.8) is 0 Å². The first-order chi connectivity index (χ1) is 12.7. The Hall–Kier alpha value is -1.93. The molecule has 26 heavy (non-hydrogen) atoms. The van der Waals surface area contributed by atoms with E-state index in [1.54, 1.807) is 11.3 Å². The summed E-state index contributed by atoms with van der Waals surface area (Å²) in [5.41, 5.74) is 0.509. The molecule has 4 rings (SSSR count). The normalized spacial score (nSPS) is 18.2.